The summed E-state index contributed by atoms with van der Waals surface area (Å²) in [5, 5.41) is 8.88. The maximum atomic E-state index is 6.05. The van der Waals surface area contributed by atoms with Gasteiger partial charge in [0.2, 0.25) is 0 Å². The Kier molecular flexibility index (Phi) is 10.5. The molecule has 0 N–H and O–H groups in total. The van der Waals surface area contributed by atoms with E-state index in [2.05, 4.69) is 42.2 Å². The van der Waals surface area contributed by atoms with E-state index in [9.17, 15) is 0 Å². The number of benzene rings is 1. The zero-order valence-electron chi connectivity index (χ0n) is 17.3. The Hall–Kier alpha value is -1.90. The topological polar surface area (TPSA) is 35.0 Å². The first-order valence-corrected chi connectivity index (χ1v) is 10.9. The Morgan fingerprint density at radius 2 is 1.41 bits per heavy atom. The summed E-state index contributed by atoms with van der Waals surface area (Å²) in [5.74, 6) is 0.913. The molecule has 1 aromatic heterocycles. The van der Waals surface area contributed by atoms with Crippen LogP contribution < -0.4 is 4.74 Å². The van der Waals surface area contributed by atoms with Gasteiger partial charge in [-0.1, -0.05) is 77.3 Å². The lowest BCUT2D eigenvalue weighted by atomic mass is 10.1. The fourth-order valence-corrected chi connectivity index (χ4v) is 3.24. The average molecular weight is 369 g/mol. The molecule has 0 spiro atoms. The predicted octanol–water partition coefficient (Wildman–Crippen LogP) is 7.01. The molecular formula is C24H36N2O. The van der Waals surface area contributed by atoms with Crippen LogP contribution in [0.5, 0.6) is 5.75 Å². The Morgan fingerprint density at radius 1 is 0.704 bits per heavy atom. The van der Waals surface area contributed by atoms with E-state index in [1.54, 1.807) is 0 Å². The zero-order chi connectivity index (χ0) is 19.2. The summed E-state index contributed by atoms with van der Waals surface area (Å²) in [6.07, 6.45) is 13.7. The lowest BCUT2D eigenvalue weighted by Crippen LogP contribution is -2.00. The van der Waals surface area contributed by atoms with Gasteiger partial charge in [-0.3, -0.25) is 0 Å². The molecule has 0 saturated carbocycles. The van der Waals surface area contributed by atoms with Gasteiger partial charge in [0.1, 0.15) is 5.75 Å². The number of unbranched alkanes of at least 4 members (excludes halogenated alkanes) is 8. The van der Waals surface area contributed by atoms with Crippen molar-refractivity contribution in [3.8, 4) is 17.0 Å². The van der Waals surface area contributed by atoms with Gasteiger partial charge >= 0.3 is 0 Å². The highest BCUT2D eigenvalue weighted by Crippen LogP contribution is 2.28. The van der Waals surface area contributed by atoms with E-state index in [-0.39, 0.29) is 0 Å². The van der Waals surface area contributed by atoms with Crippen molar-refractivity contribution >= 4 is 0 Å². The largest absolute Gasteiger partial charge is 0.493 e. The normalized spacial score (nSPS) is 10.9. The predicted molar refractivity (Wildman–Crippen MR) is 114 cm³/mol. The van der Waals surface area contributed by atoms with Crippen molar-refractivity contribution in [1.82, 2.24) is 10.2 Å². The number of nitrogens with zero attached hydrogens (tertiary/aromatic N) is 2. The van der Waals surface area contributed by atoms with Crippen LogP contribution in [0.25, 0.3) is 11.3 Å². The van der Waals surface area contributed by atoms with Gasteiger partial charge in [-0.15, -0.1) is 0 Å². The van der Waals surface area contributed by atoms with Crippen LogP contribution in [-0.4, -0.2) is 16.8 Å². The van der Waals surface area contributed by atoms with E-state index in [0.717, 1.165) is 42.1 Å². The molecule has 0 amide bonds. The van der Waals surface area contributed by atoms with Crippen LogP contribution in [0.2, 0.25) is 0 Å². The van der Waals surface area contributed by atoms with E-state index in [0.29, 0.717) is 0 Å². The molecule has 2 aromatic rings. The fraction of sp³-hybridized carbons (Fsp3) is 0.583. The smallest absolute Gasteiger partial charge is 0.128 e. The number of para-hydroxylation sites is 1. The van der Waals surface area contributed by atoms with Crippen LogP contribution in [-0.2, 0) is 6.42 Å². The summed E-state index contributed by atoms with van der Waals surface area (Å²) < 4.78 is 6.05. The maximum Gasteiger partial charge on any atom is 0.128 e. The first-order valence-electron chi connectivity index (χ1n) is 10.9. The summed E-state index contributed by atoms with van der Waals surface area (Å²) in [6, 6.07) is 12.4. The molecule has 0 aliphatic rings. The molecule has 0 bridgehead atoms. The third-order valence-electron chi connectivity index (χ3n) is 4.92. The maximum absolute atomic E-state index is 6.05. The Bertz CT molecular complexity index is 625. The minimum Gasteiger partial charge on any atom is -0.493 e. The lowest BCUT2D eigenvalue weighted by molar-refractivity contribution is 0.305. The molecule has 0 aliphatic heterocycles. The van der Waals surface area contributed by atoms with Crippen LogP contribution in [0.3, 0.4) is 0 Å². The zero-order valence-corrected chi connectivity index (χ0v) is 17.3. The van der Waals surface area contributed by atoms with Gasteiger partial charge in [-0.25, -0.2) is 0 Å². The second-order valence-electron chi connectivity index (χ2n) is 7.33. The quantitative estimate of drug-likeness (QED) is 0.336. The molecule has 0 aliphatic carbocycles. The highest BCUT2D eigenvalue weighted by molar-refractivity contribution is 5.66. The molecule has 0 atom stereocenters. The summed E-state index contributed by atoms with van der Waals surface area (Å²) in [4.78, 5) is 0. The third kappa shape index (κ3) is 8.11. The van der Waals surface area contributed by atoms with Crippen molar-refractivity contribution in [2.45, 2.75) is 84.5 Å². The van der Waals surface area contributed by atoms with E-state index >= 15 is 0 Å². The number of aryl methyl sites for hydroxylation is 1. The van der Waals surface area contributed by atoms with Gasteiger partial charge in [0.25, 0.3) is 0 Å². The van der Waals surface area contributed by atoms with E-state index in [1.807, 2.05) is 18.2 Å². The van der Waals surface area contributed by atoms with Gasteiger partial charge < -0.3 is 4.74 Å². The summed E-state index contributed by atoms with van der Waals surface area (Å²) in [5.41, 5.74) is 3.01. The summed E-state index contributed by atoms with van der Waals surface area (Å²) >= 11 is 0. The second-order valence-corrected chi connectivity index (χ2v) is 7.33. The highest BCUT2D eigenvalue weighted by atomic mass is 16.5. The number of rotatable bonds is 14. The molecule has 0 unspecified atom stereocenters. The first kappa shape index (κ1) is 21.4. The second kappa shape index (κ2) is 13.3. The van der Waals surface area contributed by atoms with Crippen molar-refractivity contribution in [1.29, 1.82) is 0 Å². The van der Waals surface area contributed by atoms with Gasteiger partial charge in [-0.2, -0.15) is 10.2 Å². The standard InChI is InChI=1S/C24H36N2O/c1-3-5-7-9-10-14-20-27-24-17-13-12-16-22(24)23-19-18-21(25-26-23)15-11-8-6-4-2/h12-13,16-19H,3-11,14-15,20H2,1-2H3. The minimum atomic E-state index is 0.770. The van der Waals surface area contributed by atoms with Crippen LogP contribution in [0, 0.1) is 0 Å². The van der Waals surface area contributed by atoms with Crippen LogP contribution in [0.4, 0.5) is 0 Å². The lowest BCUT2D eigenvalue weighted by Gasteiger charge is -2.11. The first-order chi connectivity index (χ1) is 13.3. The molecular weight excluding hydrogens is 332 g/mol. The van der Waals surface area contributed by atoms with Gasteiger partial charge in [0.15, 0.2) is 0 Å². The number of hydrogen-bond acceptors (Lipinski definition) is 3. The number of ether oxygens (including phenoxy) is 1. The van der Waals surface area contributed by atoms with E-state index in [1.165, 1.54) is 57.8 Å². The molecule has 0 fully saturated rings. The molecule has 148 valence electrons. The Labute approximate surface area is 165 Å². The Morgan fingerprint density at radius 3 is 2.15 bits per heavy atom. The monoisotopic (exact) mass is 368 g/mol. The van der Waals surface area contributed by atoms with Crippen molar-refractivity contribution in [3.63, 3.8) is 0 Å². The molecule has 2 rings (SSSR count). The molecule has 27 heavy (non-hydrogen) atoms. The van der Waals surface area contributed by atoms with E-state index in [4.69, 9.17) is 4.74 Å². The molecule has 1 heterocycles. The van der Waals surface area contributed by atoms with Crippen molar-refractivity contribution in [2.24, 2.45) is 0 Å². The Balaban J connectivity index is 1.85. The van der Waals surface area contributed by atoms with Crippen molar-refractivity contribution in [3.05, 3.63) is 42.1 Å². The summed E-state index contributed by atoms with van der Waals surface area (Å²) in [6.45, 7) is 5.26. The summed E-state index contributed by atoms with van der Waals surface area (Å²) in [7, 11) is 0. The van der Waals surface area contributed by atoms with Crippen LogP contribution in [0.15, 0.2) is 36.4 Å². The number of hydrogen-bond donors (Lipinski definition) is 0. The van der Waals surface area contributed by atoms with Crippen molar-refractivity contribution in [2.75, 3.05) is 6.61 Å². The minimum absolute atomic E-state index is 0.770. The van der Waals surface area contributed by atoms with Gasteiger partial charge in [0, 0.05) is 5.56 Å². The SMILES string of the molecule is CCCCCCCCOc1ccccc1-c1ccc(CCCCCC)nn1. The van der Waals surface area contributed by atoms with E-state index < -0.39 is 0 Å². The third-order valence-corrected chi connectivity index (χ3v) is 4.92. The van der Waals surface area contributed by atoms with Crippen LogP contribution in [0.1, 0.15) is 83.7 Å². The van der Waals surface area contributed by atoms with Gasteiger partial charge in [0.05, 0.1) is 18.0 Å². The fourth-order valence-electron chi connectivity index (χ4n) is 3.24. The molecule has 3 heteroatoms. The molecule has 0 radical (unpaired) electrons. The molecule has 3 nitrogen and oxygen atoms in total. The van der Waals surface area contributed by atoms with Crippen molar-refractivity contribution < 1.29 is 4.74 Å². The van der Waals surface area contributed by atoms with Gasteiger partial charge in [-0.05, 0) is 43.5 Å². The number of aromatic nitrogens is 2. The highest BCUT2D eigenvalue weighted by Gasteiger charge is 2.08. The average Bonchev–Trinajstić information content (AvgIpc) is 2.71. The molecule has 1 aromatic carbocycles. The molecule has 0 saturated heterocycles. The van der Waals surface area contributed by atoms with Crippen LogP contribution >= 0.6 is 0 Å².